The molecule has 1 saturated heterocycles. The highest BCUT2D eigenvalue weighted by molar-refractivity contribution is 7.80. The van der Waals surface area contributed by atoms with Crippen molar-refractivity contribution in [1.29, 1.82) is 0 Å². The van der Waals surface area contributed by atoms with Crippen LogP contribution in [-0.4, -0.2) is 44.8 Å². The van der Waals surface area contributed by atoms with Crippen LogP contribution in [0.3, 0.4) is 0 Å². The van der Waals surface area contributed by atoms with Crippen LogP contribution in [0.15, 0.2) is 55.0 Å². The highest BCUT2D eigenvalue weighted by Gasteiger charge is 2.41. The first-order valence-electron chi connectivity index (χ1n) is 10.1. The van der Waals surface area contributed by atoms with Gasteiger partial charge in [0.2, 0.25) is 0 Å². The fourth-order valence-corrected chi connectivity index (χ4v) is 4.55. The monoisotopic (exact) mass is 421 g/mol. The second-order valence-corrected chi connectivity index (χ2v) is 7.97. The summed E-state index contributed by atoms with van der Waals surface area (Å²) in [4.78, 5) is 11.1. The van der Waals surface area contributed by atoms with E-state index in [0.717, 1.165) is 23.9 Å². The Morgan fingerprint density at radius 2 is 2.03 bits per heavy atom. The molecule has 0 radical (unpaired) electrons. The number of ether oxygens (including phenoxy) is 1. The summed E-state index contributed by atoms with van der Waals surface area (Å²) in [6.07, 6.45) is 5.56. The van der Waals surface area contributed by atoms with Crippen molar-refractivity contribution < 1.29 is 4.74 Å². The molecule has 3 aromatic rings. The molecule has 0 saturated carbocycles. The van der Waals surface area contributed by atoms with Gasteiger partial charge in [0, 0.05) is 50.2 Å². The van der Waals surface area contributed by atoms with E-state index in [1.165, 1.54) is 22.5 Å². The number of nitrogens with one attached hydrogen (secondary N) is 1. The number of hydrogen-bond donors (Lipinski definition) is 1. The Kier molecular flexibility index (Phi) is 6.11. The van der Waals surface area contributed by atoms with Gasteiger partial charge in [0.05, 0.1) is 24.4 Å². The second-order valence-electron chi connectivity index (χ2n) is 7.59. The summed E-state index contributed by atoms with van der Waals surface area (Å²) in [6.45, 7) is 6.47. The van der Waals surface area contributed by atoms with Gasteiger partial charge in [-0.3, -0.25) is 9.97 Å². The van der Waals surface area contributed by atoms with Crippen molar-refractivity contribution in [3.63, 3.8) is 0 Å². The summed E-state index contributed by atoms with van der Waals surface area (Å²) in [7, 11) is 1.72. The molecular weight excluding hydrogens is 394 g/mol. The van der Waals surface area contributed by atoms with E-state index in [0.29, 0.717) is 6.61 Å². The van der Waals surface area contributed by atoms with Crippen molar-refractivity contribution in [1.82, 2.24) is 24.8 Å². The molecule has 30 heavy (non-hydrogen) atoms. The average molecular weight is 422 g/mol. The van der Waals surface area contributed by atoms with Gasteiger partial charge in [-0.1, -0.05) is 12.1 Å². The smallest absolute Gasteiger partial charge is 0.170 e. The van der Waals surface area contributed by atoms with Crippen molar-refractivity contribution >= 4 is 17.3 Å². The largest absolute Gasteiger partial charge is 0.383 e. The summed E-state index contributed by atoms with van der Waals surface area (Å²) in [5.74, 6) is 0. The number of hydrogen-bond acceptors (Lipinski definition) is 4. The number of aryl methyl sites for hydroxylation is 1. The van der Waals surface area contributed by atoms with Crippen LogP contribution >= 0.6 is 12.2 Å². The van der Waals surface area contributed by atoms with Gasteiger partial charge in [0.1, 0.15) is 0 Å². The van der Waals surface area contributed by atoms with Crippen molar-refractivity contribution in [2.24, 2.45) is 0 Å². The van der Waals surface area contributed by atoms with E-state index >= 15 is 0 Å². The lowest BCUT2D eigenvalue weighted by Crippen LogP contribution is -2.32. The molecule has 1 N–H and O–H groups in total. The molecule has 1 fully saturated rings. The van der Waals surface area contributed by atoms with Crippen LogP contribution < -0.4 is 5.32 Å². The molecule has 7 heteroatoms. The van der Waals surface area contributed by atoms with Gasteiger partial charge in [0.25, 0.3) is 0 Å². The first kappa shape index (κ1) is 20.5. The van der Waals surface area contributed by atoms with Crippen molar-refractivity contribution in [3.05, 3.63) is 83.2 Å². The minimum Gasteiger partial charge on any atom is -0.383 e. The first-order valence-corrected chi connectivity index (χ1v) is 10.5. The maximum absolute atomic E-state index is 5.71. The number of methoxy groups -OCH3 is 1. The van der Waals surface area contributed by atoms with Crippen LogP contribution in [0.5, 0.6) is 0 Å². The second kappa shape index (κ2) is 8.93. The number of aromatic nitrogens is 3. The molecule has 0 aromatic carbocycles. The SMILES string of the molecule is COCCN1C(=S)NC(c2ccccn2)C1c1cc(C)n(Cc2cccnc2)c1C. The third-order valence-corrected chi connectivity index (χ3v) is 6.08. The molecule has 0 bridgehead atoms. The zero-order valence-electron chi connectivity index (χ0n) is 17.6. The summed E-state index contributed by atoms with van der Waals surface area (Å²) in [6, 6.07) is 12.4. The average Bonchev–Trinajstić information content (AvgIpc) is 3.24. The maximum Gasteiger partial charge on any atom is 0.170 e. The maximum atomic E-state index is 5.71. The zero-order chi connectivity index (χ0) is 21.1. The number of pyridine rings is 2. The van der Waals surface area contributed by atoms with E-state index < -0.39 is 0 Å². The minimum absolute atomic E-state index is 0.0112. The van der Waals surface area contributed by atoms with E-state index in [1.807, 2.05) is 30.6 Å². The molecule has 2 atom stereocenters. The van der Waals surface area contributed by atoms with Crippen LogP contribution in [0.1, 0.15) is 40.3 Å². The Hall–Kier alpha value is -2.77. The molecule has 1 aliphatic rings. The summed E-state index contributed by atoms with van der Waals surface area (Å²) >= 11 is 5.71. The van der Waals surface area contributed by atoms with E-state index in [1.54, 1.807) is 13.3 Å². The topological polar surface area (TPSA) is 55.2 Å². The van der Waals surface area contributed by atoms with Crippen LogP contribution in [-0.2, 0) is 11.3 Å². The lowest BCUT2D eigenvalue weighted by Gasteiger charge is -2.28. The van der Waals surface area contributed by atoms with Crippen LogP contribution in [0.25, 0.3) is 0 Å². The number of thiocarbonyl (C=S) groups is 1. The molecule has 3 aromatic heterocycles. The predicted molar refractivity (Wildman–Crippen MR) is 121 cm³/mol. The predicted octanol–water partition coefficient (Wildman–Crippen LogP) is 3.56. The van der Waals surface area contributed by atoms with Crippen molar-refractivity contribution in [2.75, 3.05) is 20.3 Å². The van der Waals surface area contributed by atoms with Gasteiger partial charge in [0.15, 0.2) is 5.11 Å². The van der Waals surface area contributed by atoms with Gasteiger partial charge in [-0.15, -0.1) is 0 Å². The lowest BCUT2D eigenvalue weighted by molar-refractivity contribution is 0.164. The van der Waals surface area contributed by atoms with Gasteiger partial charge in [-0.05, 0) is 61.5 Å². The molecule has 156 valence electrons. The van der Waals surface area contributed by atoms with Crippen molar-refractivity contribution in [3.8, 4) is 0 Å². The van der Waals surface area contributed by atoms with Gasteiger partial charge in [-0.2, -0.15) is 0 Å². The van der Waals surface area contributed by atoms with Gasteiger partial charge < -0.3 is 19.5 Å². The molecular formula is C23H27N5OS. The van der Waals surface area contributed by atoms with Crippen LogP contribution in [0.2, 0.25) is 0 Å². The van der Waals surface area contributed by atoms with E-state index in [4.69, 9.17) is 17.0 Å². The Morgan fingerprint density at radius 3 is 2.73 bits per heavy atom. The first-order chi connectivity index (χ1) is 14.6. The third kappa shape index (κ3) is 3.95. The number of nitrogens with zero attached hydrogens (tertiary/aromatic N) is 4. The summed E-state index contributed by atoms with van der Waals surface area (Å²) < 4.78 is 7.70. The Labute approximate surface area is 182 Å². The van der Waals surface area contributed by atoms with Gasteiger partial charge >= 0.3 is 0 Å². The Morgan fingerprint density at radius 1 is 1.17 bits per heavy atom. The molecule has 0 amide bonds. The quantitative estimate of drug-likeness (QED) is 0.589. The zero-order valence-corrected chi connectivity index (χ0v) is 18.4. The van der Waals surface area contributed by atoms with Crippen LogP contribution in [0.4, 0.5) is 0 Å². The number of rotatable bonds is 7. The van der Waals surface area contributed by atoms with E-state index in [9.17, 15) is 0 Å². The minimum atomic E-state index is -0.0112. The normalized spacial score (nSPS) is 18.6. The highest BCUT2D eigenvalue weighted by Crippen LogP contribution is 2.40. The molecule has 0 aliphatic carbocycles. The molecule has 4 heterocycles. The van der Waals surface area contributed by atoms with E-state index in [2.05, 4.69) is 56.8 Å². The Balaban J connectivity index is 1.74. The molecule has 1 aliphatic heterocycles. The fourth-order valence-electron chi connectivity index (χ4n) is 4.22. The highest BCUT2D eigenvalue weighted by atomic mass is 32.1. The fraction of sp³-hybridized carbons (Fsp3) is 0.348. The molecule has 4 rings (SSSR count). The molecule has 2 unspecified atom stereocenters. The van der Waals surface area contributed by atoms with Gasteiger partial charge in [-0.25, -0.2) is 0 Å². The van der Waals surface area contributed by atoms with Crippen LogP contribution in [0, 0.1) is 13.8 Å². The summed E-state index contributed by atoms with van der Waals surface area (Å²) in [5, 5.41) is 4.24. The molecule has 0 spiro atoms. The Bertz CT molecular complexity index is 1010. The summed E-state index contributed by atoms with van der Waals surface area (Å²) in [5.41, 5.74) is 5.88. The lowest BCUT2D eigenvalue weighted by atomic mass is 9.97. The standard InChI is InChI=1S/C23H27N5OS/c1-16-13-19(17(2)28(16)15-18-7-6-9-24-14-18)22-21(20-8-4-5-10-25-20)26-23(30)27(22)11-12-29-3/h4-10,13-14,21-22H,11-12,15H2,1-3H3,(H,26,30). The van der Waals surface area contributed by atoms with Crippen molar-refractivity contribution in [2.45, 2.75) is 32.5 Å². The van der Waals surface area contributed by atoms with E-state index in [-0.39, 0.29) is 12.1 Å². The molecule has 6 nitrogen and oxygen atoms in total. The third-order valence-electron chi connectivity index (χ3n) is 5.73.